The van der Waals surface area contributed by atoms with Gasteiger partial charge >= 0.3 is 0 Å². The summed E-state index contributed by atoms with van der Waals surface area (Å²) in [4.78, 5) is 11.8. The van der Waals surface area contributed by atoms with Crippen LogP contribution in [0.2, 0.25) is 0 Å². The maximum atomic E-state index is 13.0. The Morgan fingerprint density at radius 1 is 1.12 bits per heavy atom. The van der Waals surface area contributed by atoms with E-state index in [4.69, 9.17) is 5.21 Å². The molecule has 2 aromatic carbocycles. The number of hydrogen-bond donors (Lipinski definition) is 3. The Morgan fingerprint density at radius 2 is 1.69 bits per heavy atom. The molecule has 1 fully saturated rings. The van der Waals surface area contributed by atoms with Gasteiger partial charge in [0.05, 0.1) is 4.90 Å². The van der Waals surface area contributed by atoms with Crippen LogP contribution in [0.4, 0.5) is 4.39 Å². The lowest BCUT2D eigenvalue weighted by molar-refractivity contribution is -0.133. The molecule has 3 N–H and O–H groups in total. The Morgan fingerprint density at radius 3 is 2.27 bits per heavy atom. The number of hydrogen-bond acceptors (Lipinski definition) is 5. The molecule has 1 amide bonds. The molecule has 0 saturated carbocycles. The second-order valence-electron chi connectivity index (χ2n) is 5.84. The highest BCUT2D eigenvalue weighted by Crippen LogP contribution is 2.24. The van der Waals surface area contributed by atoms with E-state index in [9.17, 15) is 17.6 Å². The number of benzene rings is 2. The van der Waals surface area contributed by atoms with Crippen molar-refractivity contribution in [2.75, 3.05) is 19.6 Å². The third-order valence-corrected chi connectivity index (χ3v) is 6.17. The molecule has 138 valence electrons. The summed E-state index contributed by atoms with van der Waals surface area (Å²) in [5.41, 5.74) is 3.01. The van der Waals surface area contributed by atoms with E-state index < -0.39 is 22.0 Å². The standard InChI is InChI=1S/C17H18FN3O4S/c18-14-5-1-12(2-6-14)13-3-7-15(8-4-13)26(24,25)21-10-9-19-11-16(21)17(22)20-23/h1-8,16,19,23H,9-11H2,(H,20,22)/t16-/m1/s1. The number of carbonyl (C=O) groups excluding carboxylic acids is 1. The summed E-state index contributed by atoms with van der Waals surface area (Å²) in [6, 6.07) is 11.0. The van der Waals surface area contributed by atoms with Crippen LogP contribution in [0.15, 0.2) is 53.4 Å². The van der Waals surface area contributed by atoms with Gasteiger partial charge in [0.1, 0.15) is 11.9 Å². The van der Waals surface area contributed by atoms with Crippen molar-refractivity contribution in [2.24, 2.45) is 0 Å². The molecule has 0 aromatic heterocycles. The third kappa shape index (κ3) is 3.61. The predicted octanol–water partition coefficient (Wildman–Crippen LogP) is 0.961. The molecular formula is C17H18FN3O4S. The average Bonchev–Trinajstić information content (AvgIpc) is 2.68. The van der Waals surface area contributed by atoms with Crippen molar-refractivity contribution in [2.45, 2.75) is 10.9 Å². The molecule has 0 spiro atoms. The summed E-state index contributed by atoms with van der Waals surface area (Å²) in [6.07, 6.45) is 0. The van der Waals surface area contributed by atoms with Crippen molar-refractivity contribution < 1.29 is 22.8 Å². The first-order valence-corrected chi connectivity index (χ1v) is 9.40. The Hall–Kier alpha value is -2.33. The van der Waals surface area contributed by atoms with Gasteiger partial charge in [-0.25, -0.2) is 18.3 Å². The van der Waals surface area contributed by atoms with Crippen molar-refractivity contribution in [1.29, 1.82) is 0 Å². The number of amides is 1. The smallest absolute Gasteiger partial charge is 0.263 e. The molecule has 0 aliphatic carbocycles. The van der Waals surface area contributed by atoms with Crippen molar-refractivity contribution >= 4 is 15.9 Å². The molecule has 3 rings (SSSR count). The van der Waals surface area contributed by atoms with E-state index in [1.807, 2.05) is 0 Å². The maximum absolute atomic E-state index is 13.0. The van der Waals surface area contributed by atoms with Crippen LogP contribution in [0.5, 0.6) is 0 Å². The van der Waals surface area contributed by atoms with Gasteiger partial charge in [-0.1, -0.05) is 24.3 Å². The molecule has 1 atom stereocenters. The summed E-state index contributed by atoms with van der Waals surface area (Å²) < 4.78 is 39.9. The van der Waals surface area contributed by atoms with E-state index in [0.29, 0.717) is 6.54 Å². The van der Waals surface area contributed by atoms with E-state index in [1.165, 1.54) is 29.7 Å². The number of sulfonamides is 1. The topological polar surface area (TPSA) is 98.7 Å². The fourth-order valence-corrected chi connectivity index (χ4v) is 4.46. The lowest BCUT2D eigenvalue weighted by Crippen LogP contribution is -2.59. The Bertz CT molecular complexity index is 885. The number of hydroxylamine groups is 1. The van der Waals surface area contributed by atoms with Crippen LogP contribution in [0.25, 0.3) is 11.1 Å². The molecule has 0 radical (unpaired) electrons. The van der Waals surface area contributed by atoms with Crippen LogP contribution in [0.1, 0.15) is 0 Å². The van der Waals surface area contributed by atoms with Crippen molar-refractivity contribution in [3.8, 4) is 11.1 Å². The lowest BCUT2D eigenvalue weighted by atomic mass is 10.1. The second kappa shape index (κ2) is 7.50. The minimum absolute atomic E-state index is 0.0426. The largest absolute Gasteiger partial charge is 0.313 e. The first-order valence-electron chi connectivity index (χ1n) is 7.96. The van der Waals surface area contributed by atoms with Gasteiger partial charge in [-0.15, -0.1) is 0 Å². The van der Waals surface area contributed by atoms with Crippen molar-refractivity contribution in [3.63, 3.8) is 0 Å². The van der Waals surface area contributed by atoms with Crippen molar-refractivity contribution in [3.05, 3.63) is 54.3 Å². The van der Waals surface area contributed by atoms with Crippen LogP contribution in [-0.2, 0) is 14.8 Å². The quantitative estimate of drug-likeness (QED) is 0.543. The van der Waals surface area contributed by atoms with Crippen LogP contribution < -0.4 is 10.8 Å². The van der Waals surface area contributed by atoms with Crippen LogP contribution in [0, 0.1) is 5.82 Å². The highest BCUT2D eigenvalue weighted by molar-refractivity contribution is 7.89. The highest BCUT2D eigenvalue weighted by atomic mass is 32.2. The fraction of sp³-hybridized carbons (Fsp3) is 0.235. The molecule has 1 heterocycles. The van der Waals surface area contributed by atoms with Crippen LogP contribution >= 0.6 is 0 Å². The van der Waals surface area contributed by atoms with Gasteiger partial charge in [-0.3, -0.25) is 10.0 Å². The molecular weight excluding hydrogens is 361 g/mol. The van der Waals surface area contributed by atoms with Gasteiger partial charge in [0.25, 0.3) is 5.91 Å². The zero-order valence-electron chi connectivity index (χ0n) is 13.7. The van der Waals surface area contributed by atoms with Gasteiger partial charge in [-0.05, 0) is 35.4 Å². The Labute approximate surface area is 150 Å². The second-order valence-corrected chi connectivity index (χ2v) is 7.73. The summed E-state index contributed by atoms with van der Waals surface area (Å²) >= 11 is 0. The molecule has 0 unspecified atom stereocenters. The van der Waals surface area contributed by atoms with Gasteiger partial charge in [0, 0.05) is 19.6 Å². The van der Waals surface area contributed by atoms with Gasteiger partial charge < -0.3 is 5.32 Å². The summed E-state index contributed by atoms with van der Waals surface area (Å²) in [7, 11) is -3.91. The number of nitrogens with zero attached hydrogens (tertiary/aromatic N) is 1. The van der Waals surface area contributed by atoms with Crippen LogP contribution in [-0.4, -0.2) is 49.5 Å². The van der Waals surface area contributed by atoms with Gasteiger partial charge in [0.2, 0.25) is 10.0 Å². The van der Waals surface area contributed by atoms with Crippen molar-refractivity contribution in [1.82, 2.24) is 15.1 Å². The van der Waals surface area contributed by atoms with E-state index in [1.54, 1.807) is 24.3 Å². The SMILES string of the molecule is O=C(NO)[C@H]1CNCCN1S(=O)(=O)c1ccc(-c2ccc(F)cc2)cc1. The summed E-state index contributed by atoms with van der Waals surface area (Å²) in [5.74, 6) is -1.14. The Balaban J connectivity index is 1.89. The number of piperazine rings is 1. The Kier molecular flexibility index (Phi) is 5.33. The molecule has 7 nitrogen and oxygen atoms in total. The van der Waals surface area contributed by atoms with E-state index in [-0.39, 0.29) is 23.8 Å². The summed E-state index contributed by atoms with van der Waals surface area (Å²) in [6.45, 7) is 0.627. The fourth-order valence-electron chi connectivity index (χ4n) is 2.87. The van der Waals surface area contributed by atoms with Gasteiger partial charge in [0.15, 0.2) is 0 Å². The zero-order chi connectivity index (χ0) is 18.7. The van der Waals surface area contributed by atoms with E-state index in [2.05, 4.69) is 5.32 Å². The molecule has 1 saturated heterocycles. The average molecular weight is 379 g/mol. The molecule has 26 heavy (non-hydrogen) atoms. The maximum Gasteiger partial charge on any atom is 0.263 e. The first kappa shape index (κ1) is 18.5. The number of carbonyl (C=O) groups is 1. The minimum atomic E-state index is -3.91. The third-order valence-electron chi connectivity index (χ3n) is 4.25. The number of halogens is 1. The molecule has 1 aliphatic heterocycles. The minimum Gasteiger partial charge on any atom is -0.313 e. The molecule has 2 aromatic rings. The molecule has 1 aliphatic rings. The summed E-state index contributed by atoms with van der Waals surface area (Å²) in [5, 5.41) is 11.8. The number of nitrogens with one attached hydrogen (secondary N) is 2. The van der Waals surface area contributed by atoms with E-state index in [0.717, 1.165) is 15.4 Å². The number of rotatable bonds is 4. The predicted molar refractivity (Wildman–Crippen MR) is 92.3 cm³/mol. The molecule has 0 bridgehead atoms. The zero-order valence-corrected chi connectivity index (χ0v) is 14.5. The van der Waals surface area contributed by atoms with E-state index >= 15 is 0 Å². The lowest BCUT2D eigenvalue weighted by Gasteiger charge is -2.33. The van der Waals surface area contributed by atoms with Gasteiger partial charge in [-0.2, -0.15) is 4.31 Å². The van der Waals surface area contributed by atoms with Crippen LogP contribution in [0.3, 0.4) is 0 Å². The normalized spacial score (nSPS) is 18.5. The monoisotopic (exact) mass is 379 g/mol. The first-order chi connectivity index (χ1) is 12.4. The molecule has 9 heteroatoms. The highest BCUT2D eigenvalue weighted by Gasteiger charge is 2.37.